The number of piperazine rings is 1. The van der Waals surface area contributed by atoms with Crippen molar-refractivity contribution in [1.29, 1.82) is 0 Å². The third-order valence-electron chi connectivity index (χ3n) is 4.10. The van der Waals surface area contributed by atoms with Crippen molar-refractivity contribution in [1.82, 2.24) is 25.1 Å². The lowest BCUT2D eigenvalue weighted by molar-refractivity contribution is 0.0719. The Morgan fingerprint density at radius 1 is 1.29 bits per heavy atom. The van der Waals surface area contributed by atoms with Crippen LogP contribution in [0.2, 0.25) is 0 Å². The molecule has 2 fully saturated rings. The molecule has 0 radical (unpaired) electrons. The molecule has 0 saturated carbocycles. The second-order valence-corrected chi connectivity index (χ2v) is 6.24. The van der Waals surface area contributed by atoms with Crippen LogP contribution in [0.4, 0.5) is 5.95 Å². The van der Waals surface area contributed by atoms with Gasteiger partial charge in [0.25, 0.3) is 5.91 Å². The van der Waals surface area contributed by atoms with Crippen LogP contribution in [0.3, 0.4) is 0 Å². The highest BCUT2D eigenvalue weighted by Gasteiger charge is 2.46. The van der Waals surface area contributed by atoms with Gasteiger partial charge in [-0.1, -0.05) is 0 Å². The molecular formula is C13H13BrN6O. The molecule has 4 heterocycles. The predicted octanol–water partition coefficient (Wildman–Crippen LogP) is 1.07. The van der Waals surface area contributed by atoms with E-state index in [1.54, 1.807) is 24.7 Å². The average molecular weight is 349 g/mol. The van der Waals surface area contributed by atoms with E-state index in [1.807, 2.05) is 4.90 Å². The number of likely N-dealkylation sites (tertiary alicyclic amines) is 1. The molecule has 2 bridgehead atoms. The summed E-state index contributed by atoms with van der Waals surface area (Å²) in [5, 5.41) is 6.58. The first-order chi connectivity index (χ1) is 10.2. The van der Waals surface area contributed by atoms with Crippen molar-refractivity contribution < 1.29 is 4.79 Å². The van der Waals surface area contributed by atoms with E-state index in [4.69, 9.17) is 0 Å². The van der Waals surface area contributed by atoms with Gasteiger partial charge in [0, 0.05) is 31.7 Å². The molecule has 2 aromatic rings. The van der Waals surface area contributed by atoms with Crippen LogP contribution < -0.4 is 4.90 Å². The molecule has 8 heteroatoms. The van der Waals surface area contributed by atoms with Gasteiger partial charge >= 0.3 is 0 Å². The van der Waals surface area contributed by atoms with E-state index in [0.29, 0.717) is 18.3 Å². The van der Waals surface area contributed by atoms with Crippen LogP contribution in [0.15, 0.2) is 29.1 Å². The predicted molar refractivity (Wildman–Crippen MR) is 78.9 cm³/mol. The topological polar surface area (TPSA) is 78.0 Å². The normalized spacial score (nSPS) is 23.9. The number of nitrogens with one attached hydrogen (secondary N) is 1. The Hall–Kier alpha value is -1.96. The van der Waals surface area contributed by atoms with Gasteiger partial charge < -0.3 is 9.80 Å². The maximum Gasteiger partial charge on any atom is 0.272 e. The summed E-state index contributed by atoms with van der Waals surface area (Å²) >= 11 is 3.34. The van der Waals surface area contributed by atoms with Crippen molar-refractivity contribution in [3.63, 3.8) is 0 Å². The third kappa shape index (κ3) is 2.10. The number of rotatable bonds is 2. The number of nitrogens with zero attached hydrogens (tertiary/aromatic N) is 5. The highest BCUT2D eigenvalue weighted by Crippen LogP contribution is 2.33. The zero-order chi connectivity index (χ0) is 14.4. The van der Waals surface area contributed by atoms with Crippen LogP contribution in [-0.4, -0.2) is 56.1 Å². The Balaban J connectivity index is 1.50. The zero-order valence-electron chi connectivity index (χ0n) is 11.1. The summed E-state index contributed by atoms with van der Waals surface area (Å²) in [7, 11) is 0. The molecule has 0 aliphatic carbocycles. The molecular weight excluding hydrogens is 336 g/mol. The van der Waals surface area contributed by atoms with Gasteiger partial charge in [0.1, 0.15) is 5.69 Å². The van der Waals surface area contributed by atoms with Gasteiger partial charge in [0.15, 0.2) is 0 Å². The van der Waals surface area contributed by atoms with Crippen molar-refractivity contribution in [2.75, 3.05) is 18.0 Å². The molecule has 4 rings (SSSR count). The minimum atomic E-state index is 0.0244. The van der Waals surface area contributed by atoms with Crippen molar-refractivity contribution in [2.24, 2.45) is 0 Å². The summed E-state index contributed by atoms with van der Waals surface area (Å²) < 4.78 is 0.867. The number of carbonyl (C=O) groups excluding carboxylic acids is 1. The van der Waals surface area contributed by atoms with Crippen LogP contribution in [0, 0.1) is 0 Å². The number of aromatic nitrogens is 4. The lowest BCUT2D eigenvalue weighted by Gasteiger charge is -2.33. The molecule has 1 amide bonds. The largest absolute Gasteiger partial charge is 0.334 e. The van der Waals surface area contributed by atoms with E-state index < -0.39 is 0 Å². The first-order valence-corrected chi connectivity index (χ1v) is 7.56. The third-order valence-corrected chi connectivity index (χ3v) is 4.51. The number of halogens is 1. The Morgan fingerprint density at radius 3 is 2.71 bits per heavy atom. The molecule has 2 atom stereocenters. The molecule has 108 valence electrons. The van der Waals surface area contributed by atoms with Gasteiger partial charge in [-0.15, -0.1) is 0 Å². The van der Waals surface area contributed by atoms with Gasteiger partial charge in [0.2, 0.25) is 5.95 Å². The maximum atomic E-state index is 12.4. The summed E-state index contributed by atoms with van der Waals surface area (Å²) in [4.78, 5) is 25.2. The first kappa shape index (κ1) is 12.8. The Morgan fingerprint density at radius 2 is 2.10 bits per heavy atom. The molecule has 2 aliphatic heterocycles. The number of fused-ring (bicyclic) bond motifs is 2. The summed E-state index contributed by atoms with van der Waals surface area (Å²) in [6, 6.07) is 2.23. The molecule has 21 heavy (non-hydrogen) atoms. The zero-order valence-corrected chi connectivity index (χ0v) is 12.7. The van der Waals surface area contributed by atoms with E-state index >= 15 is 0 Å². The Labute approximate surface area is 129 Å². The lowest BCUT2D eigenvalue weighted by Crippen LogP contribution is -2.49. The second kappa shape index (κ2) is 4.80. The summed E-state index contributed by atoms with van der Waals surface area (Å²) in [6.45, 7) is 1.49. The molecule has 2 aliphatic rings. The number of aromatic amines is 1. The molecule has 2 aromatic heterocycles. The first-order valence-electron chi connectivity index (χ1n) is 6.77. The highest BCUT2D eigenvalue weighted by atomic mass is 79.9. The van der Waals surface area contributed by atoms with Gasteiger partial charge in [0.05, 0.1) is 16.6 Å². The molecule has 0 spiro atoms. The molecule has 7 nitrogen and oxygen atoms in total. The Kier molecular flexibility index (Phi) is 2.91. The second-order valence-electron chi connectivity index (χ2n) is 5.32. The fourth-order valence-electron chi connectivity index (χ4n) is 3.14. The molecule has 0 aromatic carbocycles. The summed E-state index contributed by atoms with van der Waals surface area (Å²) in [5.41, 5.74) is 0.550. The van der Waals surface area contributed by atoms with Crippen LogP contribution in [0.1, 0.15) is 16.9 Å². The number of amides is 1. The SMILES string of the molecule is O=C(c1ccn[nH]1)N1C[C@@H]2C[C@H]1CN2c1ncc(Br)cn1. The Bertz CT molecular complexity index is 658. The smallest absolute Gasteiger partial charge is 0.272 e. The summed E-state index contributed by atoms with van der Waals surface area (Å²) in [6.07, 6.45) is 6.08. The van der Waals surface area contributed by atoms with E-state index in [9.17, 15) is 4.79 Å². The summed E-state index contributed by atoms with van der Waals surface area (Å²) in [5.74, 6) is 0.760. The van der Waals surface area contributed by atoms with E-state index in [1.165, 1.54) is 0 Å². The van der Waals surface area contributed by atoms with Crippen LogP contribution in [0.5, 0.6) is 0 Å². The molecule has 0 unspecified atom stereocenters. The minimum absolute atomic E-state index is 0.0244. The van der Waals surface area contributed by atoms with Gasteiger partial charge in [-0.3, -0.25) is 9.89 Å². The molecule has 2 saturated heterocycles. The average Bonchev–Trinajstić information content (AvgIpc) is 3.23. The number of H-pyrrole nitrogens is 1. The lowest BCUT2D eigenvalue weighted by atomic mass is 10.2. The number of carbonyl (C=O) groups is 1. The van der Waals surface area contributed by atoms with Gasteiger partial charge in [-0.05, 0) is 28.4 Å². The van der Waals surface area contributed by atoms with Gasteiger partial charge in [-0.25, -0.2) is 9.97 Å². The van der Waals surface area contributed by atoms with E-state index in [0.717, 1.165) is 23.4 Å². The number of hydrogen-bond acceptors (Lipinski definition) is 5. The molecule has 1 N–H and O–H groups in total. The van der Waals surface area contributed by atoms with Crippen molar-refractivity contribution in [3.05, 3.63) is 34.8 Å². The monoisotopic (exact) mass is 348 g/mol. The quantitative estimate of drug-likeness (QED) is 0.878. The van der Waals surface area contributed by atoms with E-state index in [-0.39, 0.29) is 11.9 Å². The van der Waals surface area contributed by atoms with Crippen LogP contribution >= 0.6 is 15.9 Å². The van der Waals surface area contributed by atoms with Gasteiger partial charge in [-0.2, -0.15) is 5.10 Å². The van der Waals surface area contributed by atoms with Crippen LogP contribution in [0.25, 0.3) is 0 Å². The van der Waals surface area contributed by atoms with Crippen molar-refractivity contribution in [3.8, 4) is 0 Å². The number of anilines is 1. The fraction of sp³-hybridized carbons (Fsp3) is 0.385. The standard InChI is InChI=1S/C13H13BrN6O/c14-8-4-15-13(16-5-8)20-7-9-3-10(20)6-19(9)12(21)11-1-2-17-18-11/h1-2,4-5,9-10H,3,6-7H2,(H,17,18)/t9-,10-/m0/s1. The minimum Gasteiger partial charge on any atom is -0.334 e. The highest BCUT2D eigenvalue weighted by molar-refractivity contribution is 9.10. The maximum absolute atomic E-state index is 12.4. The fourth-order valence-corrected chi connectivity index (χ4v) is 3.35. The van der Waals surface area contributed by atoms with Crippen molar-refractivity contribution >= 4 is 27.8 Å². The van der Waals surface area contributed by atoms with Crippen molar-refractivity contribution in [2.45, 2.75) is 18.5 Å². The number of hydrogen-bond donors (Lipinski definition) is 1. The van der Waals surface area contributed by atoms with Crippen LogP contribution in [-0.2, 0) is 0 Å². The van der Waals surface area contributed by atoms with E-state index in [2.05, 4.69) is 41.0 Å².